The molecule has 142 valence electrons. The van der Waals surface area contributed by atoms with E-state index in [2.05, 4.69) is 21.2 Å². The second-order valence-corrected chi connectivity index (χ2v) is 7.69. The highest BCUT2D eigenvalue weighted by atomic mass is 79.9. The van der Waals surface area contributed by atoms with Crippen molar-refractivity contribution in [2.75, 3.05) is 45.9 Å². The van der Waals surface area contributed by atoms with Gasteiger partial charge in [-0.3, -0.25) is 9.59 Å². The first kappa shape index (κ1) is 19.3. The van der Waals surface area contributed by atoms with Gasteiger partial charge in [0.25, 0.3) is 5.91 Å². The van der Waals surface area contributed by atoms with Gasteiger partial charge in [-0.25, -0.2) is 0 Å². The second-order valence-electron chi connectivity index (χ2n) is 6.78. The Hall–Kier alpha value is -1.44. The molecule has 1 atom stereocenters. The fraction of sp³-hybridized carbons (Fsp3) is 0.579. The Balaban J connectivity index is 1.64. The van der Waals surface area contributed by atoms with Crippen LogP contribution in [0.1, 0.15) is 29.6 Å². The maximum atomic E-state index is 13.0. The van der Waals surface area contributed by atoms with Crippen molar-refractivity contribution in [1.82, 2.24) is 15.1 Å². The van der Waals surface area contributed by atoms with Crippen LogP contribution in [0, 0.1) is 0 Å². The van der Waals surface area contributed by atoms with Gasteiger partial charge >= 0.3 is 0 Å². The number of ether oxygens (including phenoxy) is 1. The van der Waals surface area contributed by atoms with Crippen LogP contribution >= 0.6 is 15.9 Å². The van der Waals surface area contributed by atoms with Crippen molar-refractivity contribution in [3.05, 3.63) is 34.3 Å². The molecule has 2 heterocycles. The highest BCUT2D eigenvalue weighted by Gasteiger charge is 2.25. The number of carbonyl (C=O) groups is 2. The van der Waals surface area contributed by atoms with E-state index >= 15 is 0 Å². The van der Waals surface area contributed by atoms with Crippen molar-refractivity contribution < 1.29 is 14.3 Å². The van der Waals surface area contributed by atoms with E-state index in [-0.39, 0.29) is 17.9 Å². The molecular weight excluding hydrogens is 398 g/mol. The number of carbonyl (C=O) groups excluding carboxylic acids is 2. The largest absolute Gasteiger partial charge is 0.376 e. The molecule has 0 bridgehead atoms. The van der Waals surface area contributed by atoms with Gasteiger partial charge in [-0.1, -0.05) is 22.0 Å². The average molecular weight is 424 g/mol. The average Bonchev–Trinajstić information content (AvgIpc) is 3.18. The summed E-state index contributed by atoms with van der Waals surface area (Å²) in [5.41, 5.74) is 0.631. The topological polar surface area (TPSA) is 61.9 Å². The summed E-state index contributed by atoms with van der Waals surface area (Å²) in [4.78, 5) is 29.1. The molecule has 2 fully saturated rings. The fourth-order valence-electron chi connectivity index (χ4n) is 3.42. The molecule has 0 spiro atoms. The van der Waals surface area contributed by atoms with Crippen molar-refractivity contribution in [3.63, 3.8) is 0 Å². The molecule has 1 aromatic rings. The Morgan fingerprint density at radius 3 is 2.81 bits per heavy atom. The molecule has 6 nitrogen and oxygen atoms in total. The number of halogens is 1. The molecule has 7 heteroatoms. The molecule has 1 aromatic carbocycles. The van der Waals surface area contributed by atoms with Crippen molar-refractivity contribution in [2.24, 2.45) is 0 Å². The highest BCUT2D eigenvalue weighted by Crippen LogP contribution is 2.18. The van der Waals surface area contributed by atoms with Crippen molar-refractivity contribution in [1.29, 1.82) is 0 Å². The van der Waals surface area contributed by atoms with Crippen molar-refractivity contribution in [3.8, 4) is 0 Å². The summed E-state index contributed by atoms with van der Waals surface area (Å²) >= 11 is 3.42. The molecule has 0 aromatic heterocycles. The van der Waals surface area contributed by atoms with Gasteiger partial charge in [-0.15, -0.1) is 0 Å². The Morgan fingerprint density at radius 1 is 1.31 bits per heavy atom. The summed E-state index contributed by atoms with van der Waals surface area (Å²) in [5, 5.41) is 3.25. The van der Waals surface area contributed by atoms with Crippen LogP contribution in [-0.4, -0.2) is 73.6 Å². The van der Waals surface area contributed by atoms with Gasteiger partial charge in [0.2, 0.25) is 5.91 Å². The molecule has 2 amide bonds. The van der Waals surface area contributed by atoms with Crippen LogP contribution in [0.4, 0.5) is 0 Å². The molecule has 26 heavy (non-hydrogen) atoms. The van der Waals surface area contributed by atoms with E-state index in [1.807, 2.05) is 29.2 Å². The first-order valence-electron chi connectivity index (χ1n) is 9.28. The standard InChI is InChI=1S/C19H26BrN3O3/c20-16-4-1-3-15(13-16)19(25)23(14-17-5-2-12-26-17)9-6-18(24)22-10-7-21-8-11-22/h1,3-4,13,17,21H,2,5-12,14H2/t17-/m0/s1. The van der Waals surface area contributed by atoms with E-state index in [1.165, 1.54) is 0 Å². The molecule has 3 rings (SSSR count). The molecule has 0 radical (unpaired) electrons. The minimum Gasteiger partial charge on any atom is -0.376 e. The maximum absolute atomic E-state index is 13.0. The van der Waals surface area contributed by atoms with E-state index in [1.54, 1.807) is 4.90 Å². The number of benzene rings is 1. The van der Waals surface area contributed by atoms with E-state index in [9.17, 15) is 9.59 Å². The van der Waals surface area contributed by atoms with Gasteiger partial charge in [0.15, 0.2) is 0 Å². The van der Waals surface area contributed by atoms with Gasteiger partial charge < -0.3 is 19.9 Å². The Labute approximate surface area is 163 Å². The predicted octanol–water partition coefficient (Wildman–Crippen LogP) is 1.89. The van der Waals surface area contributed by atoms with Gasteiger partial charge in [-0.05, 0) is 31.0 Å². The summed E-state index contributed by atoms with van der Waals surface area (Å²) in [7, 11) is 0. The van der Waals surface area contributed by atoms with Crippen LogP contribution in [0.15, 0.2) is 28.7 Å². The molecule has 0 saturated carbocycles. The zero-order chi connectivity index (χ0) is 18.4. The van der Waals surface area contributed by atoms with Gasteiger partial charge in [0, 0.05) is 62.3 Å². The van der Waals surface area contributed by atoms with E-state index in [0.717, 1.165) is 50.1 Å². The molecule has 2 saturated heterocycles. The molecular formula is C19H26BrN3O3. The molecule has 0 unspecified atom stereocenters. The number of piperazine rings is 1. The SMILES string of the molecule is O=C(CCN(C[C@@H]1CCCO1)C(=O)c1cccc(Br)c1)N1CCNCC1. The van der Waals surface area contributed by atoms with E-state index < -0.39 is 0 Å². The summed E-state index contributed by atoms with van der Waals surface area (Å²) in [6, 6.07) is 7.39. The zero-order valence-electron chi connectivity index (χ0n) is 15.0. The summed E-state index contributed by atoms with van der Waals surface area (Å²) in [6.45, 7) is 4.87. The van der Waals surface area contributed by atoms with Crippen LogP contribution in [0.5, 0.6) is 0 Å². The molecule has 2 aliphatic heterocycles. The van der Waals surface area contributed by atoms with Crippen LogP contribution in [0.3, 0.4) is 0 Å². The number of hydrogen-bond acceptors (Lipinski definition) is 4. The lowest BCUT2D eigenvalue weighted by Crippen LogP contribution is -2.47. The third kappa shape index (κ3) is 5.28. The second kappa shape index (κ2) is 9.48. The summed E-state index contributed by atoms with van der Waals surface area (Å²) in [5.74, 6) is 0.0702. The smallest absolute Gasteiger partial charge is 0.253 e. The van der Waals surface area contributed by atoms with Crippen LogP contribution in [-0.2, 0) is 9.53 Å². The van der Waals surface area contributed by atoms with Gasteiger partial charge in [0.1, 0.15) is 0 Å². The third-order valence-corrected chi connectivity index (χ3v) is 5.37. The van der Waals surface area contributed by atoms with Crippen LogP contribution in [0.25, 0.3) is 0 Å². The van der Waals surface area contributed by atoms with Gasteiger partial charge in [0.05, 0.1) is 6.10 Å². The quantitative estimate of drug-likeness (QED) is 0.758. The third-order valence-electron chi connectivity index (χ3n) is 4.87. The first-order valence-corrected chi connectivity index (χ1v) is 10.1. The molecule has 1 N–H and O–H groups in total. The van der Waals surface area contributed by atoms with Gasteiger partial charge in [-0.2, -0.15) is 0 Å². The van der Waals surface area contributed by atoms with E-state index in [4.69, 9.17) is 4.74 Å². The number of hydrogen-bond donors (Lipinski definition) is 1. The maximum Gasteiger partial charge on any atom is 0.253 e. The normalized spacial score (nSPS) is 20.2. The summed E-state index contributed by atoms with van der Waals surface area (Å²) < 4.78 is 6.58. The number of nitrogens with one attached hydrogen (secondary N) is 1. The number of amides is 2. The Morgan fingerprint density at radius 2 is 2.12 bits per heavy atom. The van der Waals surface area contributed by atoms with Crippen LogP contribution in [0.2, 0.25) is 0 Å². The van der Waals surface area contributed by atoms with E-state index in [0.29, 0.717) is 25.1 Å². The number of rotatable bonds is 6. The fourth-order valence-corrected chi connectivity index (χ4v) is 3.82. The monoisotopic (exact) mass is 423 g/mol. The number of nitrogens with zero attached hydrogens (tertiary/aromatic N) is 2. The van der Waals surface area contributed by atoms with Crippen molar-refractivity contribution >= 4 is 27.7 Å². The first-order chi connectivity index (χ1) is 12.6. The zero-order valence-corrected chi connectivity index (χ0v) is 16.5. The highest BCUT2D eigenvalue weighted by molar-refractivity contribution is 9.10. The lowest BCUT2D eigenvalue weighted by atomic mass is 10.1. The van der Waals surface area contributed by atoms with Crippen molar-refractivity contribution in [2.45, 2.75) is 25.4 Å². The lowest BCUT2D eigenvalue weighted by Gasteiger charge is -2.30. The Kier molecular flexibility index (Phi) is 7.05. The minimum absolute atomic E-state index is 0.0464. The lowest BCUT2D eigenvalue weighted by molar-refractivity contribution is -0.132. The van der Waals surface area contributed by atoms with Crippen LogP contribution < -0.4 is 5.32 Å². The molecule has 0 aliphatic carbocycles. The minimum atomic E-state index is -0.0464. The molecule has 2 aliphatic rings. The summed E-state index contributed by atoms with van der Waals surface area (Å²) in [6.07, 6.45) is 2.42. The predicted molar refractivity (Wildman–Crippen MR) is 103 cm³/mol. The Bertz CT molecular complexity index is 628.